The lowest BCUT2D eigenvalue weighted by Crippen LogP contribution is -2.02. The van der Waals surface area contributed by atoms with Gasteiger partial charge in [0, 0.05) is 29.9 Å². The largest absolute Gasteiger partial charge is 0.384 e. The van der Waals surface area contributed by atoms with E-state index in [1.165, 1.54) is 6.07 Å². The number of hydrogen-bond acceptors (Lipinski definition) is 4. The highest BCUT2D eigenvalue weighted by molar-refractivity contribution is 5.96. The second-order valence-electron chi connectivity index (χ2n) is 4.07. The quantitative estimate of drug-likeness (QED) is 0.498. The Bertz CT molecular complexity index is 569. The molecule has 1 aromatic carbocycles. The van der Waals surface area contributed by atoms with Gasteiger partial charge < -0.3 is 5.32 Å². The fraction of sp³-hybridized carbons (Fsp3) is 0.308. The number of fused-ring (bicyclic) bond motifs is 1. The summed E-state index contributed by atoms with van der Waals surface area (Å²) in [7, 11) is 0. The molecule has 0 saturated heterocycles. The molecule has 2 rings (SSSR count). The molecule has 94 valence electrons. The molecule has 2 aromatic rings. The fourth-order valence-corrected chi connectivity index (χ4v) is 1.86. The monoisotopic (exact) mass is 245 g/mol. The van der Waals surface area contributed by atoms with Crippen LogP contribution in [0.5, 0.6) is 0 Å². The normalized spacial score (nSPS) is 10.5. The van der Waals surface area contributed by atoms with Crippen molar-refractivity contribution >= 4 is 22.3 Å². The second kappa shape index (κ2) is 5.44. The topological polar surface area (TPSA) is 68.1 Å². The molecular formula is C13H15N3O2. The zero-order valence-electron chi connectivity index (χ0n) is 10.2. The minimum absolute atomic E-state index is 0.0478. The number of hydrogen-bond donors (Lipinski definition) is 1. The van der Waals surface area contributed by atoms with Crippen molar-refractivity contribution in [1.82, 2.24) is 4.98 Å². The number of rotatable bonds is 5. The number of benzene rings is 1. The van der Waals surface area contributed by atoms with E-state index in [9.17, 15) is 10.1 Å². The van der Waals surface area contributed by atoms with Crippen molar-refractivity contribution in [3.8, 4) is 0 Å². The maximum Gasteiger partial charge on any atom is 0.295 e. The van der Waals surface area contributed by atoms with Gasteiger partial charge in [0.25, 0.3) is 5.69 Å². The van der Waals surface area contributed by atoms with Crippen LogP contribution in [0.3, 0.4) is 0 Å². The highest BCUT2D eigenvalue weighted by Crippen LogP contribution is 2.28. The molecule has 0 aliphatic rings. The molecule has 18 heavy (non-hydrogen) atoms. The standard InChI is InChI=1S/C13H15N3O2/c1-2-3-8-14-11-7-9-15-13-10(11)5-4-6-12(13)16(17)18/h4-7,9H,2-3,8H2,1H3,(H,14,15). The molecule has 0 amide bonds. The van der Waals surface area contributed by atoms with Gasteiger partial charge in [-0.15, -0.1) is 0 Å². The van der Waals surface area contributed by atoms with Crippen LogP contribution in [-0.2, 0) is 0 Å². The summed E-state index contributed by atoms with van der Waals surface area (Å²) in [6.45, 7) is 2.98. The number of para-hydroxylation sites is 1. The van der Waals surface area contributed by atoms with E-state index in [4.69, 9.17) is 0 Å². The van der Waals surface area contributed by atoms with E-state index in [0.717, 1.165) is 30.5 Å². The number of nitro benzene ring substituents is 1. The predicted molar refractivity (Wildman–Crippen MR) is 71.8 cm³/mol. The third kappa shape index (κ3) is 2.40. The summed E-state index contributed by atoms with van der Waals surface area (Å²) in [6.07, 6.45) is 3.78. The molecule has 0 saturated carbocycles. The average Bonchev–Trinajstić information content (AvgIpc) is 2.38. The SMILES string of the molecule is CCCCNc1ccnc2c([N+](=O)[O-])cccc12. The zero-order valence-corrected chi connectivity index (χ0v) is 10.2. The van der Waals surface area contributed by atoms with E-state index < -0.39 is 4.92 Å². The van der Waals surface area contributed by atoms with Crippen LogP contribution in [0.4, 0.5) is 11.4 Å². The van der Waals surface area contributed by atoms with Crippen LogP contribution in [0.25, 0.3) is 10.9 Å². The van der Waals surface area contributed by atoms with Crippen LogP contribution in [0.2, 0.25) is 0 Å². The summed E-state index contributed by atoms with van der Waals surface area (Å²) < 4.78 is 0. The first-order valence-corrected chi connectivity index (χ1v) is 6.00. The van der Waals surface area contributed by atoms with Gasteiger partial charge in [0.05, 0.1) is 4.92 Å². The van der Waals surface area contributed by atoms with Crippen LogP contribution >= 0.6 is 0 Å². The first kappa shape index (κ1) is 12.3. The number of non-ortho nitro benzene ring substituents is 1. The summed E-state index contributed by atoms with van der Waals surface area (Å²) in [4.78, 5) is 14.6. The molecule has 0 bridgehead atoms. The lowest BCUT2D eigenvalue weighted by atomic mass is 10.1. The predicted octanol–water partition coefficient (Wildman–Crippen LogP) is 3.36. The molecule has 0 unspecified atom stereocenters. The second-order valence-corrected chi connectivity index (χ2v) is 4.07. The number of pyridine rings is 1. The Kier molecular flexibility index (Phi) is 3.72. The van der Waals surface area contributed by atoms with Gasteiger partial charge in [-0.2, -0.15) is 0 Å². The van der Waals surface area contributed by atoms with E-state index >= 15 is 0 Å². The average molecular weight is 245 g/mol. The Morgan fingerprint density at radius 3 is 2.94 bits per heavy atom. The number of unbranched alkanes of at least 4 members (excludes halogenated alkanes) is 1. The van der Waals surface area contributed by atoms with Crippen LogP contribution < -0.4 is 5.32 Å². The molecule has 0 aliphatic carbocycles. The van der Waals surface area contributed by atoms with Crippen molar-refractivity contribution in [2.75, 3.05) is 11.9 Å². The summed E-state index contributed by atoms with van der Waals surface area (Å²) >= 11 is 0. The number of nitrogens with zero attached hydrogens (tertiary/aromatic N) is 2. The van der Waals surface area contributed by atoms with Gasteiger partial charge in [-0.1, -0.05) is 25.5 Å². The number of nitro groups is 1. The van der Waals surface area contributed by atoms with Gasteiger partial charge in [-0.05, 0) is 12.5 Å². The number of nitrogens with one attached hydrogen (secondary N) is 1. The van der Waals surface area contributed by atoms with Crippen molar-refractivity contribution in [3.05, 3.63) is 40.6 Å². The minimum atomic E-state index is -0.398. The van der Waals surface area contributed by atoms with E-state index in [1.807, 2.05) is 12.1 Å². The lowest BCUT2D eigenvalue weighted by Gasteiger charge is -2.08. The van der Waals surface area contributed by atoms with E-state index in [-0.39, 0.29) is 5.69 Å². The Morgan fingerprint density at radius 2 is 2.22 bits per heavy atom. The summed E-state index contributed by atoms with van der Waals surface area (Å²) in [6, 6.07) is 6.86. The van der Waals surface area contributed by atoms with Crippen molar-refractivity contribution < 1.29 is 4.92 Å². The Hall–Kier alpha value is -2.17. The first-order chi connectivity index (χ1) is 8.74. The van der Waals surface area contributed by atoms with Crippen LogP contribution in [0.15, 0.2) is 30.5 Å². The zero-order chi connectivity index (χ0) is 13.0. The molecule has 1 N–H and O–H groups in total. The Morgan fingerprint density at radius 1 is 1.39 bits per heavy atom. The lowest BCUT2D eigenvalue weighted by molar-refractivity contribution is -0.383. The van der Waals surface area contributed by atoms with E-state index in [2.05, 4.69) is 17.2 Å². The van der Waals surface area contributed by atoms with E-state index in [1.54, 1.807) is 12.3 Å². The smallest absolute Gasteiger partial charge is 0.295 e. The maximum atomic E-state index is 10.9. The van der Waals surface area contributed by atoms with Crippen LogP contribution in [-0.4, -0.2) is 16.5 Å². The third-order valence-corrected chi connectivity index (χ3v) is 2.79. The van der Waals surface area contributed by atoms with Gasteiger partial charge in [-0.3, -0.25) is 10.1 Å². The highest BCUT2D eigenvalue weighted by atomic mass is 16.6. The number of aromatic nitrogens is 1. The molecule has 1 aromatic heterocycles. The molecule has 0 fully saturated rings. The van der Waals surface area contributed by atoms with Crippen LogP contribution in [0, 0.1) is 10.1 Å². The van der Waals surface area contributed by atoms with Crippen LogP contribution in [0.1, 0.15) is 19.8 Å². The molecular weight excluding hydrogens is 230 g/mol. The summed E-state index contributed by atoms with van der Waals surface area (Å²) in [5.41, 5.74) is 1.38. The molecule has 0 radical (unpaired) electrons. The van der Waals surface area contributed by atoms with Crippen molar-refractivity contribution in [2.24, 2.45) is 0 Å². The Labute approximate surface area is 105 Å². The van der Waals surface area contributed by atoms with Gasteiger partial charge in [0.1, 0.15) is 5.52 Å². The molecule has 0 spiro atoms. The molecule has 5 nitrogen and oxygen atoms in total. The molecule has 0 aliphatic heterocycles. The van der Waals surface area contributed by atoms with Crippen molar-refractivity contribution in [2.45, 2.75) is 19.8 Å². The van der Waals surface area contributed by atoms with Gasteiger partial charge in [0.15, 0.2) is 0 Å². The summed E-state index contributed by atoms with van der Waals surface area (Å²) in [5.74, 6) is 0. The van der Waals surface area contributed by atoms with Gasteiger partial charge >= 0.3 is 0 Å². The highest BCUT2D eigenvalue weighted by Gasteiger charge is 2.13. The maximum absolute atomic E-state index is 10.9. The fourth-order valence-electron chi connectivity index (χ4n) is 1.86. The van der Waals surface area contributed by atoms with Gasteiger partial charge in [0.2, 0.25) is 0 Å². The summed E-state index contributed by atoms with van der Waals surface area (Å²) in [5, 5.41) is 15.0. The minimum Gasteiger partial charge on any atom is -0.384 e. The van der Waals surface area contributed by atoms with Crippen molar-refractivity contribution in [1.29, 1.82) is 0 Å². The molecule has 1 heterocycles. The number of anilines is 1. The van der Waals surface area contributed by atoms with Crippen molar-refractivity contribution in [3.63, 3.8) is 0 Å². The van der Waals surface area contributed by atoms with Gasteiger partial charge in [-0.25, -0.2) is 4.98 Å². The molecule has 5 heteroatoms. The molecule has 0 atom stereocenters. The third-order valence-electron chi connectivity index (χ3n) is 2.79. The first-order valence-electron chi connectivity index (χ1n) is 6.00. The Balaban J connectivity index is 2.43. The van der Waals surface area contributed by atoms with E-state index in [0.29, 0.717) is 5.52 Å².